The predicted octanol–water partition coefficient (Wildman–Crippen LogP) is -1.76. The molecule has 0 aliphatic heterocycles. The van der Waals surface area contributed by atoms with E-state index in [-0.39, 0.29) is 0 Å². The van der Waals surface area contributed by atoms with Crippen molar-refractivity contribution in [2.24, 2.45) is 5.73 Å². The number of aliphatic carboxylic acids is 1. The van der Waals surface area contributed by atoms with E-state index < -0.39 is 30.4 Å². The molecule has 0 aliphatic carbocycles. The monoisotopic (exact) mass is 189 g/mol. The highest BCUT2D eigenvalue weighted by atomic mass is 16.4. The number of carbonyl (C=O) groups excluding carboxylic acids is 2. The number of carboxylic acids is 1. The Hall–Kier alpha value is -1.79. The van der Waals surface area contributed by atoms with Crippen LogP contribution in [0, 0.1) is 0 Å². The van der Waals surface area contributed by atoms with E-state index in [1.165, 1.54) is 7.05 Å². The van der Waals surface area contributed by atoms with Gasteiger partial charge in [-0.1, -0.05) is 0 Å². The van der Waals surface area contributed by atoms with Gasteiger partial charge < -0.3 is 21.5 Å². The molecule has 7 nitrogen and oxygen atoms in total. The zero-order chi connectivity index (χ0) is 10.4. The van der Waals surface area contributed by atoms with Crippen molar-refractivity contribution in [2.45, 2.75) is 12.5 Å². The summed E-state index contributed by atoms with van der Waals surface area (Å²) >= 11 is 0. The summed E-state index contributed by atoms with van der Waals surface area (Å²) in [6.45, 7) is 0. The number of carbonyl (C=O) groups is 3. The van der Waals surface area contributed by atoms with Gasteiger partial charge >= 0.3 is 12.0 Å². The Morgan fingerprint density at radius 3 is 2.31 bits per heavy atom. The summed E-state index contributed by atoms with van der Waals surface area (Å²) in [6, 6.07) is -1.95. The molecule has 7 heteroatoms. The Balaban J connectivity index is 4.18. The van der Waals surface area contributed by atoms with Crippen molar-refractivity contribution in [3.05, 3.63) is 0 Å². The van der Waals surface area contributed by atoms with Gasteiger partial charge in [-0.15, -0.1) is 0 Å². The molecule has 13 heavy (non-hydrogen) atoms. The average molecular weight is 189 g/mol. The number of carboxylic acid groups (broad SMARTS) is 1. The minimum absolute atomic E-state index is 0.428. The first-order chi connectivity index (χ1) is 5.97. The molecule has 0 radical (unpaired) electrons. The van der Waals surface area contributed by atoms with Crippen molar-refractivity contribution >= 4 is 17.9 Å². The van der Waals surface area contributed by atoms with Crippen LogP contribution in [0.15, 0.2) is 0 Å². The first-order valence-electron chi connectivity index (χ1n) is 3.46. The van der Waals surface area contributed by atoms with E-state index in [0.29, 0.717) is 0 Å². The van der Waals surface area contributed by atoms with E-state index in [2.05, 4.69) is 5.32 Å². The summed E-state index contributed by atoms with van der Waals surface area (Å²) in [7, 11) is 1.33. The number of amides is 3. The molecular formula is C6H11N3O4. The van der Waals surface area contributed by atoms with Gasteiger partial charge in [0.1, 0.15) is 6.04 Å². The maximum absolute atomic E-state index is 10.7. The maximum Gasteiger partial charge on any atom is 0.326 e. The van der Waals surface area contributed by atoms with Crippen molar-refractivity contribution in [3.8, 4) is 0 Å². The van der Waals surface area contributed by atoms with E-state index in [1.807, 2.05) is 5.32 Å². The average Bonchev–Trinajstić information content (AvgIpc) is 2.02. The van der Waals surface area contributed by atoms with Crippen LogP contribution in [0.4, 0.5) is 4.79 Å². The van der Waals surface area contributed by atoms with Crippen molar-refractivity contribution in [1.82, 2.24) is 10.6 Å². The van der Waals surface area contributed by atoms with E-state index in [9.17, 15) is 14.4 Å². The van der Waals surface area contributed by atoms with Crippen LogP contribution in [0.3, 0.4) is 0 Å². The standard InChI is InChI=1S/C6H11N3O4/c1-8-6(13)9-3(5(11)12)2-4(7)10/h3H,2H2,1H3,(H2,7,10)(H,11,12)(H2,8,9,13)/t3-/m0/s1. The molecule has 0 saturated heterocycles. The molecule has 0 saturated carbocycles. The fourth-order valence-electron chi connectivity index (χ4n) is 0.632. The fourth-order valence-corrected chi connectivity index (χ4v) is 0.632. The lowest BCUT2D eigenvalue weighted by Gasteiger charge is -2.11. The zero-order valence-electron chi connectivity index (χ0n) is 7.03. The number of rotatable bonds is 4. The summed E-state index contributed by atoms with van der Waals surface area (Å²) in [5.74, 6) is -2.09. The summed E-state index contributed by atoms with van der Waals surface area (Å²) in [5.41, 5.74) is 4.77. The van der Waals surface area contributed by atoms with E-state index in [0.717, 1.165) is 0 Å². The molecule has 0 aromatic rings. The third-order valence-corrected chi connectivity index (χ3v) is 1.24. The van der Waals surface area contributed by atoms with Crippen LogP contribution in [-0.4, -0.2) is 36.1 Å². The fraction of sp³-hybridized carbons (Fsp3) is 0.500. The van der Waals surface area contributed by atoms with Crippen LogP contribution in [0.2, 0.25) is 0 Å². The second-order valence-electron chi connectivity index (χ2n) is 2.28. The molecule has 0 bridgehead atoms. The molecule has 5 N–H and O–H groups in total. The van der Waals surface area contributed by atoms with Gasteiger partial charge in [-0.2, -0.15) is 0 Å². The second-order valence-corrected chi connectivity index (χ2v) is 2.28. The first-order valence-corrected chi connectivity index (χ1v) is 3.46. The Morgan fingerprint density at radius 1 is 1.46 bits per heavy atom. The van der Waals surface area contributed by atoms with Crippen LogP contribution in [-0.2, 0) is 9.59 Å². The third kappa shape index (κ3) is 4.62. The zero-order valence-corrected chi connectivity index (χ0v) is 7.03. The van der Waals surface area contributed by atoms with Crippen molar-refractivity contribution in [2.75, 3.05) is 7.05 Å². The van der Waals surface area contributed by atoms with E-state index >= 15 is 0 Å². The molecule has 3 amide bonds. The number of nitrogens with two attached hydrogens (primary N) is 1. The normalized spacial score (nSPS) is 11.5. The number of primary amides is 1. The van der Waals surface area contributed by atoms with Crippen LogP contribution in [0.1, 0.15) is 6.42 Å². The summed E-state index contributed by atoms with van der Waals surface area (Å²) < 4.78 is 0. The molecule has 0 fully saturated rings. The SMILES string of the molecule is CNC(=O)N[C@@H](CC(N)=O)C(=O)O. The smallest absolute Gasteiger partial charge is 0.326 e. The highest BCUT2D eigenvalue weighted by Gasteiger charge is 2.21. The predicted molar refractivity (Wildman–Crippen MR) is 42.8 cm³/mol. The summed E-state index contributed by atoms with van der Waals surface area (Å²) in [6.07, 6.45) is -0.428. The number of hydrogen-bond donors (Lipinski definition) is 4. The topological polar surface area (TPSA) is 122 Å². The molecule has 74 valence electrons. The molecule has 0 aliphatic rings. The summed E-state index contributed by atoms with van der Waals surface area (Å²) in [5, 5.41) is 12.7. The van der Waals surface area contributed by atoms with Crippen molar-refractivity contribution in [1.29, 1.82) is 0 Å². The van der Waals surface area contributed by atoms with Crippen molar-refractivity contribution < 1.29 is 19.5 Å². The van der Waals surface area contributed by atoms with Gasteiger partial charge in [-0.25, -0.2) is 9.59 Å². The Labute approximate surface area is 74.3 Å². The Bertz CT molecular complexity index is 228. The van der Waals surface area contributed by atoms with E-state index in [4.69, 9.17) is 10.8 Å². The van der Waals surface area contributed by atoms with E-state index in [1.54, 1.807) is 0 Å². The lowest BCUT2D eigenvalue weighted by atomic mass is 10.2. The van der Waals surface area contributed by atoms with Crippen LogP contribution >= 0.6 is 0 Å². The minimum atomic E-state index is -1.30. The minimum Gasteiger partial charge on any atom is -0.480 e. The molecule has 0 heterocycles. The third-order valence-electron chi connectivity index (χ3n) is 1.24. The van der Waals surface area contributed by atoms with Gasteiger partial charge in [0.15, 0.2) is 0 Å². The quantitative estimate of drug-likeness (QED) is 0.418. The molecule has 1 atom stereocenters. The van der Waals surface area contributed by atoms with Crippen LogP contribution < -0.4 is 16.4 Å². The lowest BCUT2D eigenvalue weighted by Crippen LogP contribution is -2.46. The van der Waals surface area contributed by atoms with Crippen LogP contribution in [0.5, 0.6) is 0 Å². The van der Waals surface area contributed by atoms with Gasteiger partial charge in [0, 0.05) is 7.05 Å². The molecule has 0 aromatic heterocycles. The largest absolute Gasteiger partial charge is 0.480 e. The summed E-state index contributed by atoms with van der Waals surface area (Å²) in [4.78, 5) is 31.5. The van der Waals surface area contributed by atoms with Crippen molar-refractivity contribution in [3.63, 3.8) is 0 Å². The highest BCUT2D eigenvalue weighted by Crippen LogP contribution is 1.90. The van der Waals surface area contributed by atoms with Gasteiger partial charge in [0.25, 0.3) is 0 Å². The molecule has 0 rings (SSSR count). The highest BCUT2D eigenvalue weighted by molar-refractivity contribution is 5.87. The second kappa shape index (κ2) is 4.96. The van der Waals surface area contributed by atoms with Gasteiger partial charge in [0.2, 0.25) is 5.91 Å². The Kier molecular flexibility index (Phi) is 4.28. The molecular weight excluding hydrogens is 178 g/mol. The number of hydrogen-bond acceptors (Lipinski definition) is 3. The van der Waals surface area contributed by atoms with Crippen LogP contribution in [0.25, 0.3) is 0 Å². The van der Waals surface area contributed by atoms with Gasteiger partial charge in [-0.3, -0.25) is 4.79 Å². The van der Waals surface area contributed by atoms with Gasteiger partial charge in [0.05, 0.1) is 6.42 Å². The Morgan fingerprint density at radius 2 is 2.00 bits per heavy atom. The first kappa shape index (κ1) is 11.2. The molecule has 0 unspecified atom stereocenters. The van der Waals surface area contributed by atoms with Gasteiger partial charge in [-0.05, 0) is 0 Å². The number of nitrogens with one attached hydrogen (secondary N) is 2. The lowest BCUT2D eigenvalue weighted by molar-refractivity contribution is -0.140. The molecule has 0 spiro atoms. The molecule has 0 aromatic carbocycles. The number of urea groups is 1. The maximum atomic E-state index is 10.7.